The second-order valence-electron chi connectivity index (χ2n) is 8.84. The summed E-state index contributed by atoms with van der Waals surface area (Å²) in [6, 6.07) is 3.26. The van der Waals surface area contributed by atoms with Crippen LogP contribution in [0.5, 0.6) is 5.75 Å². The van der Waals surface area contributed by atoms with Gasteiger partial charge in [-0.1, -0.05) is 0 Å². The van der Waals surface area contributed by atoms with Crippen LogP contribution in [0.15, 0.2) is 41.3 Å². The molecule has 0 aliphatic carbocycles. The van der Waals surface area contributed by atoms with Crippen molar-refractivity contribution in [3.05, 3.63) is 93.9 Å². The van der Waals surface area contributed by atoms with Crippen molar-refractivity contribution < 1.29 is 47.7 Å². The van der Waals surface area contributed by atoms with E-state index in [4.69, 9.17) is 9.57 Å². The SMILES string of the molecule is CC1(C)Oc2ccc(C(F)(F)F)cc2[C@@H](n2cccc(C(CCCO[N+](=O)[O-])O[N+](=O)[O-])c2=O)[C@@H]1O[N+](=O)[O-]. The van der Waals surface area contributed by atoms with Crippen molar-refractivity contribution in [1.82, 2.24) is 4.57 Å². The first-order chi connectivity index (χ1) is 18.1. The maximum Gasteiger partial charge on any atom is 0.416 e. The Hall–Kier alpha value is -4.64. The van der Waals surface area contributed by atoms with Gasteiger partial charge in [-0.15, -0.1) is 30.3 Å². The summed E-state index contributed by atoms with van der Waals surface area (Å²) in [7, 11) is 0. The minimum atomic E-state index is -4.81. The van der Waals surface area contributed by atoms with Crippen molar-refractivity contribution in [2.24, 2.45) is 0 Å². The zero-order valence-electron chi connectivity index (χ0n) is 20.2. The second kappa shape index (κ2) is 11.0. The van der Waals surface area contributed by atoms with E-state index in [1.165, 1.54) is 19.9 Å². The van der Waals surface area contributed by atoms with Gasteiger partial charge in [-0.25, -0.2) is 0 Å². The Morgan fingerprint density at radius 2 is 1.79 bits per heavy atom. The average molecular weight is 562 g/mol. The quantitative estimate of drug-likeness (QED) is 0.222. The summed E-state index contributed by atoms with van der Waals surface area (Å²) in [6.07, 6.45) is -7.34. The van der Waals surface area contributed by atoms with Gasteiger partial charge in [-0.05, 0) is 57.0 Å². The molecule has 0 saturated carbocycles. The van der Waals surface area contributed by atoms with E-state index in [0.29, 0.717) is 6.07 Å². The minimum absolute atomic E-state index is 0.103. The number of halogens is 3. The second-order valence-corrected chi connectivity index (χ2v) is 8.84. The highest BCUT2D eigenvalue weighted by Crippen LogP contribution is 2.45. The van der Waals surface area contributed by atoms with Crippen LogP contribution in [0, 0.1) is 30.3 Å². The molecular weight excluding hydrogens is 541 g/mol. The normalized spacial score (nSPS) is 18.7. The first-order valence-corrected chi connectivity index (χ1v) is 11.1. The average Bonchev–Trinajstić information content (AvgIpc) is 2.80. The number of aromatic nitrogens is 1. The van der Waals surface area contributed by atoms with Gasteiger partial charge in [-0.3, -0.25) is 4.79 Å². The maximum atomic E-state index is 13.6. The monoisotopic (exact) mass is 562 g/mol. The fourth-order valence-corrected chi connectivity index (χ4v) is 4.27. The molecule has 3 atom stereocenters. The number of hydrogen-bond donors (Lipinski definition) is 0. The summed E-state index contributed by atoms with van der Waals surface area (Å²) in [4.78, 5) is 60.0. The standard InChI is InChI=1S/C21H21F3N4O11/c1-20(2)18(39-28(34)35)17(14-11-12(21(22,23)24)7-8-15(14)37-20)25-9-3-5-13(19(25)29)16(38-27(32)33)6-4-10-36-26(30)31/h3,5,7-9,11,16-18H,4,6,10H2,1-2H3/t16?,17-,18+/m1/s1. The smallest absolute Gasteiger partial charge is 0.416 e. The minimum Gasteiger partial charge on any atom is -0.485 e. The van der Waals surface area contributed by atoms with E-state index in [0.717, 1.165) is 29.0 Å². The van der Waals surface area contributed by atoms with E-state index in [1.807, 2.05) is 0 Å². The maximum absolute atomic E-state index is 13.6. The van der Waals surface area contributed by atoms with E-state index in [2.05, 4.69) is 9.68 Å². The fourth-order valence-electron chi connectivity index (χ4n) is 4.27. The van der Waals surface area contributed by atoms with Crippen LogP contribution in [0.25, 0.3) is 0 Å². The van der Waals surface area contributed by atoms with Crippen molar-refractivity contribution in [2.45, 2.75) is 56.7 Å². The summed E-state index contributed by atoms with van der Waals surface area (Å²) in [5, 5.41) is 29.4. The predicted molar refractivity (Wildman–Crippen MR) is 120 cm³/mol. The fraction of sp³-hybridized carbons (Fsp3) is 0.476. The van der Waals surface area contributed by atoms with Crippen LogP contribution in [-0.4, -0.2) is 38.1 Å². The molecule has 0 bridgehead atoms. The van der Waals surface area contributed by atoms with Crippen LogP contribution in [0.4, 0.5) is 13.2 Å². The highest BCUT2D eigenvalue weighted by molar-refractivity contribution is 5.44. The number of ether oxygens (including phenoxy) is 1. The molecule has 0 radical (unpaired) electrons. The van der Waals surface area contributed by atoms with E-state index >= 15 is 0 Å². The van der Waals surface area contributed by atoms with Gasteiger partial charge in [0.2, 0.25) is 0 Å². The van der Waals surface area contributed by atoms with Gasteiger partial charge in [0.1, 0.15) is 17.5 Å². The van der Waals surface area contributed by atoms with E-state index in [-0.39, 0.29) is 29.7 Å². The molecule has 1 unspecified atom stereocenters. The first kappa shape index (κ1) is 28.9. The molecule has 15 nitrogen and oxygen atoms in total. The van der Waals surface area contributed by atoms with Crippen molar-refractivity contribution in [3.8, 4) is 5.75 Å². The molecule has 212 valence electrons. The molecular formula is C21H21F3N4O11. The van der Waals surface area contributed by atoms with Gasteiger partial charge in [0.05, 0.1) is 18.2 Å². The molecule has 0 spiro atoms. The molecule has 2 heterocycles. The lowest BCUT2D eigenvalue weighted by atomic mass is 9.85. The summed E-state index contributed by atoms with van der Waals surface area (Å²) in [5.41, 5.74) is -4.27. The van der Waals surface area contributed by atoms with Crippen LogP contribution in [-0.2, 0) is 20.7 Å². The number of rotatable bonds is 11. The Bertz CT molecular complexity index is 1310. The number of pyridine rings is 1. The van der Waals surface area contributed by atoms with Crippen molar-refractivity contribution in [1.29, 1.82) is 0 Å². The van der Waals surface area contributed by atoms with Gasteiger partial charge in [0.15, 0.2) is 6.10 Å². The third kappa shape index (κ3) is 6.63. The lowest BCUT2D eigenvalue weighted by molar-refractivity contribution is -0.773. The van der Waals surface area contributed by atoms with E-state index in [1.54, 1.807) is 0 Å². The van der Waals surface area contributed by atoms with Crippen LogP contribution in [0.2, 0.25) is 0 Å². The molecule has 1 aliphatic heterocycles. The van der Waals surface area contributed by atoms with Crippen LogP contribution < -0.4 is 10.3 Å². The topological polar surface area (TPSA) is 188 Å². The summed E-state index contributed by atoms with van der Waals surface area (Å²) < 4.78 is 47.2. The van der Waals surface area contributed by atoms with Crippen LogP contribution >= 0.6 is 0 Å². The Morgan fingerprint density at radius 1 is 1.10 bits per heavy atom. The van der Waals surface area contributed by atoms with Crippen molar-refractivity contribution in [2.75, 3.05) is 6.61 Å². The molecule has 1 aliphatic rings. The molecule has 3 rings (SSSR count). The summed E-state index contributed by atoms with van der Waals surface area (Å²) >= 11 is 0. The highest BCUT2D eigenvalue weighted by atomic mass is 19.4. The number of fused-ring (bicyclic) bond motifs is 1. The zero-order valence-corrected chi connectivity index (χ0v) is 20.2. The lowest BCUT2D eigenvalue weighted by Crippen LogP contribution is -2.54. The van der Waals surface area contributed by atoms with Crippen LogP contribution in [0.3, 0.4) is 0 Å². The molecule has 39 heavy (non-hydrogen) atoms. The van der Waals surface area contributed by atoms with Gasteiger partial charge >= 0.3 is 6.18 Å². The molecule has 18 heteroatoms. The molecule has 0 fully saturated rings. The molecule has 0 N–H and O–H groups in total. The molecule has 1 aromatic heterocycles. The van der Waals surface area contributed by atoms with Gasteiger partial charge in [0, 0.05) is 17.3 Å². The Labute approximate surface area is 215 Å². The van der Waals surface area contributed by atoms with Crippen LogP contribution in [0.1, 0.15) is 55.5 Å². The number of alkyl halides is 3. The number of hydrogen-bond acceptors (Lipinski definition) is 11. The molecule has 0 amide bonds. The molecule has 2 aromatic rings. The Balaban J connectivity index is 2.18. The van der Waals surface area contributed by atoms with E-state index < -0.39 is 63.0 Å². The third-order valence-electron chi connectivity index (χ3n) is 5.87. The Morgan fingerprint density at radius 3 is 2.38 bits per heavy atom. The van der Waals surface area contributed by atoms with Gasteiger partial charge < -0.3 is 23.8 Å². The van der Waals surface area contributed by atoms with Gasteiger partial charge in [-0.2, -0.15) is 13.2 Å². The molecule has 1 aromatic carbocycles. The lowest BCUT2D eigenvalue weighted by Gasteiger charge is -2.44. The predicted octanol–water partition coefficient (Wildman–Crippen LogP) is 3.44. The number of benzene rings is 1. The zero-order chi connectivity index (χ0) is 29.1. The number of nitrogens with zero attached hydrogens (tertiary/aromatic N) is 4. The highest BCUT2D eigenvalue weighted by Gasteiger charge is 2.49. The van der Waals surface area contributed by atoms with Crippen molar-refractivity contribution >= 4 is 0 Å². The molecule has 0 saturated heterocycles. The first-order valence-electron chi connectivity index (χ1n) is 11.1. The van der Waals surface area contributed by atoms with Gasteiger partial charge in [0.25, 0.3) is 20.8 Å². The third-order valence-corrected chi connectivity index (χ3v) is 5.87. The van der Waals surface area contributed by atoms with E-state index in [9.17, 15) is 48.3 Å². The summed E-state index contributed by atoms with van der Waals surface area (Å²) in [5.74, 6) is -0.103. The van der Waals surface area contributed by atoms with Crippen molar-refractivity contribution in [3.63, 3.8) is 0 Å². The Kier molecular flexibility index (Phi) is 8.16. The largest absolute Gasteiger partial charge is 0.485 e. The summed E-state index contributed by atoms with van der Waals surface area (Å²) in [6.45, 7) is 2.28.